The van der Waals surface area contributed by atoms with Crippen LogP contribution in [0.2, 0.25) is 0 Å². The van der Waals surface area contributed by atoms with Crippen molar-refractivity contribution in [1.82, 2.24) is 19.7 Å². The van der Waals surface area contributed by atoms with Gasteiger partial charge in [-0.25, -0.2) is 23.1 Å². The van der Waals surface area contributed by atoms with Crippen LogP contribution in [0.15, 0.2) is 18.6 Å². The Kier molecular flexibility index (Phi) is 6.78. The van der Waals surface area contributed by atoms with Gasteiger partial charge in [0.05, 0.1) is 17.4 Å². The Morgan fingerprint density at radius 1 is 1.30 bits per heavy atom. The van der Waals surface area contributed by atoms with Crippen LogP contribution in [-0.4, -0.2) is 67.5 Å². The Bertz CT molecular complexity index is 959. The topological polar surface area (TPSA) is 145 Å². The molecule has 2 aromatic heterocycles. The van der Waals surface area contributed by atoms with E-state index in [1.165, 1.54) is 0 Å². The number of sulfonamides is 1. The van der Waals surface area contributed by atoms with Gasteiger partial charge in [-0.15, -0.1) is 0 Å². The van der Waals surface area contributed by atoms with Crippen LogP contribution < -0.4 is 9.62 Å². The van der Waals surface area contributed by atoms with Crippen LogP contribution in [0, 0.1) is 0 Å². The molecule has 1 aliphatic rings. The SMILES string of the molecule is CCCS(=O)(=O)NC1CC(N(C)c2ncnc3[nH]ccc23)C1.CS(=O)(=O)O. The molecule has 2 heterocycles. The highest BCUT2D eigenvalue weighted by molar-refractivity contribution is 7.89. The fourth-order valence-corrected chi connectivity index (χ4v) is 4.25. The van der Waals surface area contributed by atoms with E-state index in [0.29, 0.717) is 18.7 Å². The molecular weight excluding hydrogens is 394 g/mol. The van der Waals surface area contributed by atoms with Gasteiger partial charge in [0.15, 0.2) is 0 Å². The van der Waals surface area contributed by atoms with E-state index >= 15 is 0 Å². The van der Waals surface area contributed by atoms with Gasteiger partial charge in [0, 0.05) is 25.3 Å². The van der Waals surface area contributed by atoms with Crippen LogP contribution in [0.1, 0.15) is 26.2 Å². The number of hydrogen-bond acceptors (Lipinski definition) is 7. The third kappa shape index (κ3) is 6.41. The number of rotatable bonds is 6. The molecule has 0 spiro atoms. The first-order valence-electron chi connectivity index (χ1n) is 8.43. The third-order valence-corrected chi connectivity index (χ3v) is 5.79. The van der Waals surface area contributed by atoms with Crippen molar-refractivity contribution >= 4 is 37.0 Å². The summed E-state index contributed by atoms with van der Waals surface area (Å²) in [7, 11) is -4.80. The van der Waals surface area contributed by atoms with E-state index in [1.807, 2.05) is 26.2 Å². The Hall–Kier alpha value is -1.76. The molecule has 3 rings (SSSR count). The molecule has 12 heteroatoms. The van der Waals surface area contributed by atoms with Crippen molar-refractivity contribution in [3.8, 4) is 0 Å². The maximum atomic E-state index is 11.8. The number of aromatic amines is 1. The van der Waals surface area contributed by atoms with E-state index in [2.05, 4.69) is 24.6 Å². The molecule has 3 N–H and O–H groups in total. The number of aromatic nitrogens is 3. The van der Waals surface area contributed by atoms with Crippen LogP contribution in [0.4, 0.5) is 5.82 Å². The van der Waals surface area contributed by atoms with Crippen molar-refractivity contribution < 1.29 is 21.4 Å². The highest BCUT2D eigenvalue weighted by Gasteiger charge is 2.35. The number of nitrogens with one attached hydrogen (secondary N) is 2. The second kappa shape index (κ2) is 8.50. The highest BCUT2D eigenvalue weighted by Crippen LogP contribution is 2.31. The lowest BCUT2D eigenvalue weighted by Crippen LogP contribution is -2.53. The van der Waals surface area contributed by atoms with Gasteiger partial charge < -0.3 is 9.88 Å². The summed E-state index contributed by atoms with van der Waals surface area (Å²) in [4.78, 5) is 13.7. The zero-order chi connectivity index (χ0) is 20.2. The Balaban J connectivity index is 0.000000465. The fourth-order valence-electron chi connectivity index (χ4n) is 2.89. The Morgan fingerprint density at radius 3 is 2.52 bits per heavy atom. The van der Waals surface area contributed by atoms with Gasteiger partial charge in [-0.3, -0.25) is 4.55 Å². The highest BCUT2D eigenvalue weighted by atomic mass is 32.2. The average molecular weight is 420 g/mol. The van der Waals surface area contributed by atoms with E-state index < -0.39 is 20.1 Å². The summed E-state index contributed by atoms with van der Waals surface area (Å²) in [6.45, 7) is 1.87. The van der Waals surface area contributed by atoms with Crippen molar-refractivity contribution in [1.29, 1.82) is 0 Å². The van der Waals surface area contributed by atoms with Gasteiger partial charge in [0.25, 0.3) is 10.1 Å². The second-order valence-corrected chi connectivity index (χ2v) is 9.88. The van der Waals surface area contributed by atoms with Gasteiger partial charge in [-0.05, 0) is 25.3 Å². The zero-order valence-corrected chi connectivity index (χ0v) is 17.1. The molecule has 2 aromatic rings. The molecule has 0 bridgehead atoms. The minimum absolute atomic E-state index is 0.0348. The average Bonchev–Trinajstić information content (AvgIpc) is 2.96. The molecule has 0 saturated heterocycles. The number of fused-ring (bicyclic) bond motifs is 1. The third-order valence-electron chi connectivity index (χ3n) is 4.15. The normalized spacial score (nSPS) is 19.9. The maximum absolute atomic E-state index is 11.8. The molecule has 1 saturated carbocycles. The Morgan fingerprint density at radius 2 is 1.93 bits per heavy atom. The summed E-state index contributed by atoms with van der Waals surface area (Å²) in [6.07, 6.45) is 6.35. The summed E-state index contributed by atoms with van der Waals surface area (Å²) in [5.74, 6) is 1.07. The van der Waals surface area contributed by atoms with Gasteiger partial charge in [-0.2, -0.15) is 8.42 Å². The molecule has 27 heavy (non-hydrogen) atoms. The van der Waals surface area contributed by atoms with Gasteiger partial charge in [0.2, 0.25) is 10.0 Å². The molecule has 152 valence electrons. The van der Waals surface area contributed by atoms with Gasteiger partial charge >= 0.3 is 0 Å². The molecule has 1 aliphatic carbocycles. The molecule has 10 nitrogen and oxygen atoms in total. The predicted molar refractivity (Wildman–Crippen MR) is 104 cm³/mol. The minimum atomic E-state index is -3.67. The summed E-state index contributed by atoms with van der Waals surface area (Å²) in [5.41, 5.74) is 0.816. The van der Waals surface area contributed by atoms with Crippen LogP contribution in [0.25, 0.3) is 11.0 Å². The van der Waals surface area contributed by atoms with Crippen molar-refractivity contribution in [2.75, 3.05) is 24.0 Å². The largest absolute Gasteiger partial charge is 0.356 e. The van der Waals surface area contributed by atoms with Gasteiger partial charge in [-0.1, -0.05) is 6.92 Å². The van der Waals surface area contributed by atoms with Crippen LogP contribution >= 0.6 is 0 Å². The number of nitrogens with zero attached hydrogens (tertiary/aromatic N) is 3. The first-order valence-corrected chi connectivity index (χ1v) is 11.9. The van der Waals surface area contributed by atoms with Crippen molar-refractivity contribution in [3.63, 3.8) is 0 Å². The quantitative estimate of drug-likeness (QED) is 0.582. The first-order chi connectivity index (χ1) is 12.5. The zero-order valence-electron chi connectivity index (χ0n) is 15.5. The molecule has 1 fully saturated rings. The summed E-state index contributed by atoms with van der Waals surface area (Å²) in [6, 6.07) is 2.29. The van der Waals surface area contributed by atoms with Crippen molar-refractivity contribution in [2.24, 2.45) is 0 Å². The number of anilines is 1. The standard InChI is InChI=1S/C14H21N5O2S.CH4O3S/c1-3-6-22(20,21)18-10-7-11(8-10)19(2)14-12-4-5-15-13(12)16-9-17-14;1-5(2,3)4/h4-5,9-11,18H,3,6-8H2,1-2H3,(H,15,16,17);1H3,(H,2,3,4). The van der Waals surface area contributed by atoms with Crippen LogP contribution in [-0.2, 0) is 20.1 Å². The first kappa shape index (κ1) is 21.5. The number of H-pyrrole nitrogens is 1. The molecule has 0 amide bonds. The second-order valence-electron chi connectivity index (χ2n) is 6.54. The molecule has 0 aromatic carbocycles. The maximum Gasteiger partial charge on any atom is 0.261 e. The van der Waals surface area contributed by atoms with E-state index in [1.54, 1.807) is 6.33 Å². The van der Waals surface area contributed by atoms with Crippen molar-refractivity contribution in [2.45, 2.75) is 38.3 Å². The summed E-state index contributed by atoms with van der Waals surface area (Å²) < 4.78 is 52.2. The van der Waals surface area contributed by atoms with E-state index in [9.17, 15) is 16.8 Å². The molecular formula is C15H25N5O5S2. The van der Waals surface area contributed by atoms with Crippen molar-refractivity contribution in [3.05, 3.63) is 18.6 Å². The van der Waals surface area contributed by atoms with E-state index in [0.717, 1.165) is 29.7 Å². The monoisotopic (exact) mass is 419 g/mol. The molecule has 0 aliphatic heterocycles. The molecule has 0 atom stereocenters. The molecule has 0 unspecified atom stereocenters. The fraction of sp³-hybridized carbons (Fsp3) is 0.600. The summed E-state index contributed by atoms with van der Waals surface area (Å²) >= 11 is 0. The van der Waals surface area contributed by atoms with Crippen LogP contribution in [0.5, 0.6) is 0 Å². The van der Waals surface area contributed by atoms with Crippen LogP contribution in [0.3, 0.4) is 0 Å². The Labute approximate surface area is 159 Å². The lowest BCUT2D eigenvalue weighted by molar-refractivity contribution is 0.316. The summed E-state index contributed by atoms with van der Waals surface area (Å²) in [5, 5.41) is 0.986. The minimum Gasteiger partial charge on any atom is -0.356 e. The van der Waals surface area contributed by atoms with E-state index in [-0.39, 0.29) is 11.8 Å². The molecule has 0 radical (unpaired) electrons. The smallest absolute Gasteiger partial charge is 0.261 e. The van der Waals surface area contributed by atoms with Gasteiger partial charge in [0.1, 0.15) is 17.8 Å². The lowest BCUT2D eigenvalue weighted by Gasteiger charge is -2.41. The van der Waals surface area contributed by atoms with E-state index in [4.69, 9.17) is 4.55 Å². The number of hydrogen-bond donors (Lipinski definition) is 3. The predicted octanol–water partition coefficient (Wildman–Crippen LogP) is 0.759. The lowest BCUT2D eigenvalue weighted by atomic mass is 9.86.